The molecular weight excluding hydrogens is 961 g/mol. The van der Waals surface area contributed by atoms with Crippen molar-refractivity contribution in [2.45, 2.75) is 113 Å². The molecule has 6 fully saturated rings. The number of nitrogens with zero attached hydrogens (tertiary/aromatic N) is 3. The van der Waals surface area contributed by atoms with Crippen LogP contribution in [0.3, 0.4) is 0 Å². The fourth-order valence-corrected chi connectivity index (χ4v) is 11.8. The first kappa shape index (κ1) is 53.5. The van der Waals surface area contributed by atoms with Gasteiger partial charge in [0.1, 0.15) is 13.1 Å². The monoisotopic (exact) mass is 1030 g/mol. The number of carbonyl (C=O) groups is 8. The van der Waals surface area contributed by atoms with E-state index in [0.717, 1.165) is 60.1 Å². The molecule has 0 radical (unpaired) electrons. The maximum atomic E-state index is 13.8. The van der Waals surface area contributed by atoms with Crippen LogP contribution in [0.4, 0.5) is 30.6 Å². The molecule has 4 spiro atoms. The van der Waals surface area contributed by atoms with Gasteiger partial charge in [0.15, 0.2) is 0 Å². The summed E-state index contributed by atoms with van der Waals surface area (Å²) >= 11 is 0. The standard InChI is InChI=1S/C27H28N4O5.C17H17N3O6.C10H13N.2CH4/c1-28-24(34)29-18-9-10-19-20(14-18)26(11-12-26)16-27(19)23(33)31(25(35)36-27)15-22(32)30-13-5-8-21(30)17-6-3-2-4-7-17;1-18-14(24)19-9-2-3-10-11(6-9)16(4-5-16)8-17(10)13(23)20(7-12(21)22)15(25)26-17;1-2-5-9(6-3-1)10-7-4-8-11-10;;/h2-4,6-7,9-10,14,21H,5,8,11-13,15-16H2,1H3,(H2,28,29,34);2-3,6H,4-5,7-8H2,1H3,(H,21,22)(H2,18,19,24);1-3,5-6,10-11H,4,7-8H2;2*1H4/t21-,27+;17-;10-;;/m010../s1. The van der Waals surface area contributed by atoms with E-state index in [1.54, 1.807) is 35.2 Å². The Labute approximate surface area is 436 Å². The number of nitrogens with one attached hydrogen (secondary N) is 5. The van der Waals surface area contributed by atoms with Gasteiger partial charge in [0.05, 0.1) is 6.04 Å². The SMILES string of the molecule is C.C.CNC(=O)Nc1ccc2c(c1)C1(CC1)C[C@@]21OC(=O)N(CC(=O)N2CCC[C@H]2c2ccccc2)C1=O.CNC(=O)Nc1ccc2c(c1)C1(CC1)C[C@@]21OC(=O)N(CC(=O)O)C1=O.c1ccc([C@@H]2CCCN2)cc1. The van der Waals surface area contributed by atoms with Gasteiger partial charge in [-0.15, -0.1) is 0 Å². The Morgan fingerprint density at radius 3 is 1.55 bits per heavy atom. The molecule has 396 valence electrons. The maximum absolute atomic E-state index is 13.8. The second-order valence-corrected chi connectivity index (χ2v) is 20.1. The number of urea groups is 2. The van der Waals surface area contributed by atoms with E-state index in [9.17, 15) is 38.4 Å². The number of ether oxygens (including phenoxy) is 2. The van der Waals surface area contributed by atoms with E-state index in [1.807, 2.05) is 36.4 Å². The number of imide groups is 2. The van der Waals surface area contributed by atoms with E-state index in [4.69, 9.17) is 14.6 Å². The molecule has 4 aliphatic heterocycles. The predicted molar refractivity (Wildman–Crippen MR) is 277 cm³/mol. The number of rotatable bonds is 8. The third kappa shape index (κ3) is 9.76. The van der Waals surface area contributed by atoms with E-state index < -0.39 is 47.7 Å². The highest BCUT2D eigenvalue weighted by molar-refractivity contribution is 6.08. The molecule has 4 heterocycles. The van der Waals surface area contributed by atoms with Crippen LogP contribution in [0.25, 0.3) is 0 Å². The Morgan fingerprint density at radius 2 is 1.11 bits per heavy atom. The lowest BCUT2D eigenvalue weighted by molar-refractivity contribution is -0.144. The minimum Gasteiger partial charge on any atom is -0.480 e. The minimum atomic E-state index is -1.47. The smallest absolute Gasteiger partial charge is 0.418 e. The summed E-state index contributed by atoms with van der Waals surface area (Å²) < 4.78 is 11.3. The molecule has 0 aromatic heterocycles. The zero-order valence-electron chi connectivity index (χ0n) is 40.7. The van der Waals surface area contributed by atoms with Gasteiger partial charge in [-0.05, 0) is 104 Å². The zero-order valence-corrected chi connectivity index (χ0v) is 40.7. The lowest BCUT2D eigenvalue weighted by atomic mass is 9.94. The molecule has 0 unspecified atom stereocenters. The van der Waals surface area contributed by atoms with Crippen molar-refractivity contribution in [3.05, 3.63) is 130 Å². The molecule has 4 aromatic carbocycles. The second kappa shape index (κ2) is 20.8. The zero-order chi connectivity index (χ0) is 51.3. The molecule has 6 N–H and O–H groups in total. The quantitative estimate of drug-likeness (QED) is 0.0986. The molecule has 9 amide bonds. The highest BCUT2D eigenvalue weighted by Gasteiger charge is 2.69. The number of fused-ring (bicyclic) bond motifs is 6. The Kier molecular flexibility index (Phi) is 14.9. The molecule has 75 heavy (non-hydrogen) atoms. The third-order valence-electron chi connectivity index (χ3n) is 15.7. The van der Waals surface area contributed by atoms with E-state index in [0.29, 0.717) is 52.8 Å². The summed E-state index contributed by atoms with van der Waals surface area (Å²) in [6, 6.07) is 30.8. The van der Waals surface area contributed by atoms with Crippen LogP contribution in [0.2, 0.25) is 0 Å². The largest absolute Gasteiger partial charge is 0.480 e. The van der Waals surface area contributed by atoms with Crippen molar-refractivity contribution >= 4 is 59.3 Å². The first-order valence-corrected chi connectivity index (χ1v) is 24.9. The Balaban J connectivity index is 0.000000167. The van der Waals surface area contributed by atoms with Crippen molar-refractivity contribution in [3.8, 4) is 0 Å². The van der Waals surface area contributed by atoms with Crippen LogP contribution in [0.15, 0.2) is 97.1 Å². The molecule has 4 aliphatic carbocycles. The van der Waals surface area contributed by atoms with Crippen molar-refractivity contribution in [2.75, 3.05) is 50.9 Å². The van der Waals surface area contributed by atoms with Crippen LogP contribution in [-0.4, -0.2) is 108 Å². The lowest BCUT2D eigenvalue weighted by Crippen LogP contribution is -2.44. The molecule has 2 saturated carbocycles. The van der Waals surface area contributed by atoms with Crippen LogP contribution >= 0.6 is 0 Å². The van der Waals surface area contributed by atoms with Gasteiger partial charge in [-0.3, -0.25) is 19.2 Å². The van der Waals surface area contributed by atoms with Crippen LogP contribution in [0.1, 0.15) is 125 Å². The molecule has 4 aromatic rings. The number of carboxylic acid groups (broad SMARTS) is 1. The Bertz CT molecular complexity index is 2900. The van der Waals surface area contributed by atoms with Crippen LogP contribution in [0, 0.1) is 0 Å². The summed E-state index contributed by atoms with van der Waals surface area (Å²) in [5.74, 6) is -2.65. The van der Waals surface area contributed by atoms with Gasteiger partial charge in [0.25, 0.3) is 11.8 Å². The number of hydrogen-bond acceptors (Lipinski definition) is 11. The summed E-state index contributed by atoms with van der Waals surface area (Å²) in [6.07, 6.45) is 6.73. The van der Waals surface area contributed by atoms with E-state index >= 15 is 0 Å². The normalized spacial score (nSPS) is 24.2. The summed E-state index contributed by atoms with van der Waals surface area (Å²) in [5.41, 5.74) is 3.28. The van der Waals surface area contributed by atoms with Crippen molar-refractivity contribution < 1.29 is 52.9 Å². The number of carboxylic acids is 1. The maximum Gasteiger partial charge on any atom is 0.418 e. The number of aliphatic carboxylic acids is 1. The van der Waals surface area contributed by atoms with Crippen LogP contribution in [0.5, 0.6) is 0 Å². The number of hydrogen-bond donors (Lipinski definition) is 6. The number of amides is 9. The lowest BCUT2D eigenvalue weighted by Gasteiger charge is -2.26. The van der Waals surface area contributed by atoms with Crippen molar-refractivity contribution in [3.63, 3.8) is 0 Å². The van der Waals surface area contributed by atoms with Crippen LogP contribution < -0.4 is 26.6 Å². The number of anilines is 2. The Morgan fingerprint density at radius 1 is 0.627 bits per heavy atom. The molecule has 4 saturated heterocycles. The average molecular weight is 1030 g/mol. The van der Waals surface area contributed by atoms with Gasteiger partial charge >= 0.3 is 30.2 Å². The molecule has 4 atom stereocenters. The summed E-state index contributed by atoms with van der Waals surface area (Å²) in [7, 11) is 3.05. The fourth-order valence-electron chi connectivity index (χ4n) is 11.8. The second-order valence-electron chi connectivity index (χ2n) is 20.1. The molecular formula is C56H66N8O11. The van der Waals surface area contributed by atoms with Crippen LogP contribution in [-0.2, 0) is 50.7 Å². The van der Waals surface area contributed by atoms with E-state index in [1.165, 1.54) is 39.0 Å². The number of benzene rings is 4. The highest BCUT2D eigenvalue weighted by atomic mass is 16.6. The topological polar surface area (TPSA) is 245 Å². The molecule has 19 nitrogen and oxygen atoms in total. The van der Waals surface area contributed by atoms with Gasteiger partial charge < -0.3 is 46.1 Å². The number of likely N-dealkylation sites (tertiary alicyclic amines) is 1. The van der Waals surface area contributed by atoms with E-state index in [2.05, 4.69) is 56.9 Å². The van der Waals surface area contributed by atoms with Gasteiger partial charge in [0.2, 0.25) is 17.1 Å². The molecule has 12 rings (SSSR count). The first-order chi connectivity index (χ1) is 35.1. The molecule has 8 aliphatic rings. The van der Waals surface area contributed by atoms with Crippen molar-refractivity contribution in [1.29, 1.82) is 0 Å². The first-order valence-electron chi connectivity index (χ1n) is 24.9. The van der Waals surface area contributed by atoms with Crippen molar-refractivity contribution in [1.82, 2.24) is 30.7 Å². The third-order valence-corrected chi connectivity index (χ3v) is 15.7. The predicted octanol–water partition coefficient (Wildman–Crippen LogP) is 7.93. The minimum absolute atomic E-state index is 0. The van der Waals surface area contributed by atoms with Crippen molar-refractivity contribution in [2.24, 2.45) is 0 Å². The molecule has 19 heteroatoms. The van der Waals surface area contributed by atoms with E-state index in [-0.39, 0.29) is 56.2 Å². The summed E-state index contributed by atoms with van der Waals surface area (Å²) in [6.45, 7) is 0.715. The fraction of sp³-hybridized carbons (Fsp3) is 0.429. The summed E-state index contributed by atoms with van der Waals surface area (Å²) in [4.78, 5) is 103. The highest BCUT2D eigenvalue weighted by Crippen LogP contribution is 2.66. The molecule has 0 bridgehead atoms. The summed E-state index contributed by atoms with van der Waals surface area (Å²) in [5, 5.41) is 22.9. The van der Waals surface area contributed by atoms with Gasteiger partial charge in [-0.1, -0.05) is 87.6 Å². The Hall–Kier alpha value is -7.80. The van der Waals surface area contributed by atoms with Gasteiger partial charge in [-0.2, -0.15) is 0 Å². The number of carbonyl (C=O) groups excluding carboxylic acids is 7. The average Bonchev–Trinajstić information content (AvgIpc) is 4.07. The van der Waals surface area contributed by atoms with Gasteiger partial charge in [-0.25, -0.2) is 29.0 Å². The van der Waals surface area contributed by atoms with Gasteiger partial charge in [0, 0.05) is 72.9 Å².